The van der Waals surface area contributed by atoms with Gasteiger partial charge in [0.15, 0.2) is 0 Å². The molecule has 0 aliphatic heterocycles. The maximum absolute atomic E-state index is 11.7. The van der Waals surface area contributed by atoms with Crippen molar-refractivity contribution in [3.05, 3.63) is 28.8 Å². The number of hydrogen-bond donors (Lipinski definition) is 2. The van der Waals surface area contributed by atoms with Gasteiger partial charge >= 0.3 is 5.97 Å². The van der Waals surface area contributed by atoms with Gasteiger partial charge in [-0.05, 0) is 97.8 Å². The van der Waals surface area contributed by atoms with Gasteiger partial charge in [0.1, 0.15) is 5.75 Å². The first-order chi connectivity index (χ1) is 12.9. The summed E-state index contributed by atoms with van der Waals surface area (Å²) in [5, 5.41) is 21.0. The minimum absolute atomic E-state index is 0.0856. The van der Waals surface area contributed by atoms with Gasteiger partial charge < -0.3 is 14.9 Å². The van der Waals surface area contributed by atoms with Crippen LogP contribution in [0.25, 0.3) is 0 Å². The Morgan fingerprint density at radius 1 is 1.26 bits per heavy atom. The fraction of sp³-hybridized carbons (Fsp3) is 0.696. The smallest absolute Gasteiger partial charge is 0.306 e. The van der Waals surface area contributed by atoms with E-state index in [4.69, 9.17) is 4.74 Å². The molecule has 4 nitrogen and oxygen atoms in total. The molecule has 0 heterocycles. The zero-order valence-corrected chi connectivity index (χ0v) is 16.5. The highest BCUT2D eigenvalue weighted by Gasteiger charge is 2.54. The van der Waals surface area contributed by atoms with Crippen molar-refractivity contribution >= 4 is 5.97 Å². The van der Waals surface area contributed by atoms with Crippen molar-refractivity contribution in [3.63, 3.8) is 0 Å². The predicted molar refractivity (Wildman–Crippen MR) is 104 cm³/mol. The maximum atomic E-state index is 11.7. The SMILES string of the molecule is CCOC(=O)CCc1cc2c(cc1O)CCC1C2CC[C@]2(C)C(O)CCC12. The monoisotopic (exact) mass is 372 g/mol. The van der Waals surface area contributed by atoms with E-state index < -0.39 is 0 Å². The van der Waals surface area contributed by atoms with Gasteiger partial charge in [-0.15, -0.1) is 0 Å². The van der Waals surface area contributed by atoms with Gasteiger partial charge in [0.25, 0.3) is 0 Å². The molecule has 0 saturated heterocycles. The van der Waals surface area contributed by atoms with E-state index in [1.807, 2.05) is 13.0 Å². The average Bonchev–Trinajstić information content (AvgIpc) is 2.95. The van der Waals surface area contributed by atoms with Crippen molar-refractivity contribution in [3.8, 4) is 5.75 Å². The predicted octanol–water partition coefficient (Wildman–Crippen LogP) is 4.10. The van der Waals surface area contributed by atoms with Gasteiger partial charge in [-0.25, -0.2) is 0 Å². The number of rotatable bonds is 4. The Bertz CT molecular complexity index is 727. The molecule has 2 fully saturated rings. The molecule has 3 aliphatic carbocycles. The van der Waals surface area contributed by atoms with Crippen LogP contribution >= 0.6 is 0 Å². The molecule has 1 aromatic rings. The average molecular weight is 373 g/mol. The number of phenols is 1. The topological polar surface area (TPSA) is 66.8 Å². The highest BCUT2D eigenvalue weighted by molar-refractivity contribution is 5.69. The molecule has 4 unspecified atom stereocenters. The van der Waals surface area contributed by atoms with Crippen LogP contribution < -0.4 is 0 Å². The zero-order valence-electron chi connectivity index (χ0n) is 16.5. The van der Waals surface area contributed by atoms with E-state index >= 15 is 0 Å². The van der Waals surface area contributed by atoms with Crippen molar-refractivity contribution in [2.75, 3.05) is 6.61 Å². The fourth-order valence-electron chi connectivity index (χ4n) is 6.30. The van der Waals surface area contributed by atoms with E-state index in [-0.39, 0.29) is 17.5 Å². The maximum Gasteiger partial charge on any atom is 0.306 e. The van der Waals surface area contributed by atoms with Crippen LogP contribution in [0.5, 0.6) is 5.75 Å². The fourth-order valence-corrected chi connectivity index (χ4v) is 6.30. The number of ether oxygens (including phenoxy) is 1. The first-order valence-corrected chi connectivity index (χ1v) is 10.6. The number of esters is 1. The van der Waals surface area contributed by atoms with Crippen molar-refractivity contribution in [2.24, 2.45) is 17.3 Å². The lowest BCUT2D eigenvalue weighted by Crippen LogP contribution is -2.43. The first kappa shape index (κ1) is 18.8. The highest BCUT2D eigenvalue weighted by atomic mass is 16.5. The van der Waals surface area contributed by atoms with Gasteiger partial charge in [0.2, 0.25) is 0 Å². The zero-order chi connectivity index (χ0) is 19.2. The summed E-state index contributed by atoms with van der Waals surface area (Å²) in [6, 6.07) is 4.10. The lowest BCUT2D eigenvalue weighted by molar-refractivity contribution is -0.143. The number of carbonyl (C=O) groups is 1. The Labute approximate surface area is 161 Å². The molecular weight excluding hydrogens is 340 g/mol. The minimum Gasteiger partial charge on any atom is -0.508 e. The molecule has 148 valence electrons. The number of aryl methyl sites for hydroxylation is 2. The van der Waals surface area contributed by atoms with E-state index in [9.17, 15) is 15.0 Å². The summed E-state index contributed by atoms with van der Waals surface area (Å²) in [6.07, 6.45) is 7.12. The number of aliphatic hydroxyl groups is 1. The van der Waals surface area contributed by atoms with Gasteiger partial charge in [0.05, 0.1) is 12.7 Å². The third-order valence-corrected chi connectivity index (χ3v) is 7.78. The highest BCUT2D eigenvalue weighted by Crippen LogP contribution is 2.61. The lowest BCUT2D eigenvalue weighted by atomic mass is 9.55. The van der Waals surface area contributed by atoms with E-state index in [0.29, 0.717) is 43.0 Å². The second kappa shape index (κ2) is 7.12. The number of hydrogen-bond acceptors (Lipinski definition) is 4. The molecule has 2 saturated carbocycles. The van der Waals surface area contributed by atoms with E-state index in [1.54, 1.807) is 0 Å². The molecule has 27 heavy (non-hydrogen) atoms. The van der Waals surface area contributed by atoms with Gasteiger partial charge in [-0.2, -0.15) is 0 Å². The van der Waals surface area contributed by atoms with Crippen molar-refractivity contribution in [2.45, 2.75) is 77.2 Å². The number of aromatic hydroxyl groups is 1. The standard InChI is InChI=1S/C23H32O4/c1-3-27-22(26)9-5-15-12-18-14(13-20(15)24)4-6-17-16(18)10-11-23(2)19(17)7-8-21(23)25/h12-13,16-17,19,21,24-25H,3-11H2,1-2H3/t16?,17?,19?,21?,23-/m0/s1. The Balaban J connectivity index is 1.58. The number of carbonyl (C=O) groups excluding carboxylic acids is 1. The van der Waals surface area contributed by atoms with E-state index in [2.05, 4.69) is 13.0 Å². The molecule has 1 aromatic carbocycles. The quantitative estimate of drug-likeness (QED) is 0.781. The molecule has 2 N–H and O–H groups in total. The Kier molecular flexibility index (Phi) is 4.96. The van der Waals surface area contributed by atoms with Crippen LogP contribution in [-0.2, 0) is 22.4 Å². The van der Waals surface area contributed by atoms with Gasteiger partial charge in [0, 0.05) is 6.42 Å². The minimum atomic E-state index is -0.208. The van der Waals surface area contributed by atoms with Crippen LogP contribution in [0.1, 0.15) is 75.0 Å². The van der Waals surface area contributed by atoms with E-state index in [0.717, 1.165) is 44.1 Å². The van der Waals surface area contributed by atoms with Crippen LogP contribution in [0, 0.1) is 17.3 Å². The molecule has 0 bridgehead atoms. The summed E-state index contributed by atoms with van der Waals surface area (Å²) in [5.41, 5.74) is 3.60. The number of fused-ring (bicyclic) bond motifs is 5. The molecular formula is C23H32O4. The van der Waals surface area contributed by atoms with Crippen LogP contribution in [0.4, 0.5) is 0 Å². The van der Waals surface area contributed by atoms with Crippen LogP contribution in [0.3, 0.4) is 0 Å². The molecule has 3 aliphatic rings. The van der Waals surface area contributed by atoms with Crippen LogP contribution in [0.15, 0.2) is 12.1 Å². The van der Waals surface area contributed by atoms with Crippen LogP contribution in [0.2, 0.25) is 0 Å². The molecule has 4 heteroatoms. The summed E-state index contributed by atoms with van der Waals surface area (Å²) < 4.78 is 5.03. The Morgan fingerprint density at radius 2 is 2.07 bits per heavy atom. The molecule has 4 rings (SSSR count). The van der Waals surface area contributed by atoms with Crippen molar-refractivity contribution < 1.29 is 19.7 Å². The Morgan fingerprint density at radius 3 is 2.85 bits per heavy atom. The lowest BCUT2D eigenvalue weighted by Gasteiger charge is -2.50. The second-order valence-corrected chi connectivity index (χ2v) is 9.04. The van der Waals surface area contributed by atoms with Crippen LogP contribution in [-0.4, -0.2) is 28.9 Å². The van der Waals surface area contributed by atoms with Crippen molar-refractivity contribution in [1.82, 2.24) is 0 Å². The molecule has 0 spiro atoms. The van der Waals surface area contributed by atoms with Crippen molar-refractivity contribution in [1.29, 1.82) is 0 Å². The number of phenolic OH excluding ortho intramolecular Hbond substituents is 1. The summed E-state index contributed by atoms with van der Waals surface area (Å²) in [7, 11) is 0. The third kappa shape index (κ3) is 3.16. The molecule has 0 aromatic heterocycles. The second-order valence-electron chi connectivity index (χ2n) is 9.04. The number of benzene rings is 1. The van der Waals surface area contributed by atoms with E-state index in [1.165, 1.54) is 11.1 Å². The molecule has 0 amide bonds. The first-order valence-electron chi connectivity index (χ1n) is 10.6. The molecule has 0 radical (unpaired) electrons. The molecule has 5 atom stereocenters. The van der Waals surface area contributed by atoms with Gasteiger partial charge in [-0.3, -0.25) is 4.79 Å². The third-order valence-electron chi connectivity index (χ3n) is 7.78. The summed E-state index contributed by atoms with van der Waals surface area (Å²) >= 11 is 0. The normalized spacial score (nSPS) is 34.5. The largest absolute Gasteiger partial charge is 0.508 e. The summed E-state index contributed by atoms with van der Waals surface area (Å²) in [4.78, 5) is 11.7. The number of aliphatic hydroxyl groups excluding tert-OH is 1. The summed E-state index contributed by atoms with van der Waals surface area (Å²) in [5.74, 6) is 1.88. The van der Waals surface area contributed by atoms with Gasteiger partial charge in [-0.1, -0.05) is 13.0 Å². The summed E-state index contributed by atoms with van der Waals surface area (Å²) in [6.45, 7) is 4.50. The Hall–Kier alpha value is -1.55.